The summed E-state index contributed by atoms with van der Waals surface area (Å²) in [6.45, 7) is 0. The fourth-order valence-electron chi connectivity index (χ4n) is 0.319. The molecule has 0 atom stereocenters. The van der Waals surface area contributed by atoms with Crippen LogP contribution in [-0.2, 0) is 0 Å². The Morgan fingerprint density at radius 2 is 2.17 bits per heavy atom. The average Bonchev–Trinajstić information content (AvgIpc) is 2.21. The summed E-state index contributed by atoms with van der Waals surface area (Å²) in [6.07, 6.45) is 2.60. The first-order valence-electron chi connectivity index (χ1n) is 2.08. The van der Waals surface area contributed by atoms with E-state index in [2.05, 4.69) is 23.8 Å². The second-order valence-electron chi connectivity index (χ2n) is 1.53. The molecule has 0 spiro atoms. The third-order valence-electron chi connectivity index (χ3n) is 0.846. The SMILES string of the molecule is SC#CC1CC1. The molecule has 1 heteroatoms. The van der Waals surface area contributed by atoms with Crippen molar-refractivity contribution in [3.63, 3.8) is 0 Å². The first-order chi connectivity index (χ1) is 2.93. The van der Waals surface area contributed by atoms with Gasteiger partial charge in [0.2, 0.25) is 0 Å². The molecule has 0 aromatic rings. The topological polar surface area (TPSA) is 0 Å². The summed E-state index contributed by atoms with van der Waals surface area (Å²) in [7, 11) is 0. The Bertz CT molecular complexity index is 92.2. The molecule has 32 valence electrons. The molecule has 0 aromatic heterocycles. The lowest BCUT2D eigenvalue weighted by molar-refractivity contribution is 1.18. The molecule has 0 aromatic carbocycles. The minimum absolute atomic E-state index is 0.711. The van der Waals surface area contributed by atoms with Gasteiger partial charge in [0.15, 0.2) is 0 Å². The number of rotatable bonds is 0. The second kappa shape index (κ2) is 1.57. The summed E-state index contributed by atoms with van der Waals surface area (Å²) >= 11 is 3.74. The van der Waals surface area contributed by atoms with Crippen LogP contribution in [0, 0.1) is 17.1 Å². The first kappa shape index (κ1) is 4.08. The number of hydrogen-bond donors (Lipinski definition) is 1. The first-order valence-corrected chi connectivity index (χ1v) is 2.53. The summed E-state index contributed by atoms with van der Waals surface area (Å²) in [4.78, 5) is 0. The molecular formula is C5H6S. The van der Waals surface area contributed by atoms with Crippen LogP contribution in [-0.4, -0.2) is 0 Å². The van der Waals surface area contributed by atoms with E-state index in [0.717, 1.165) is 0 Å². The molecule has 6 heavy (non-hydrogen) atoms. The molecule has 0 heterocycles. The predicted octanol–water partition coefficient (Wildman–Crippen LogP) is 1.29. The van der Waals surface area contributed by atoms with Crippen LogP contribution in [0.4, 0.5) is 0 Å². The van der Waals surface area contributed by atoms with Crippen molar-refractivity contribution in [3.8, 4) is 11.2 Å². The third kappa shape index (κ3) is 0.948. The monoisotopic (exact) mass is 98.0 g/mol. The molecule has 0 unspecified atom stereocenters. The predicted molar refractivity (Wildman–Crippen MR) is 29.5 cm³/mol. The Morgan fingerprint density at radius 1 is 1.50 bits per heavy atom. The normalized spacial score (nSPS) is 18.8. The van der Waals surface area contributed by atoms with E-state index in [1.165, 1.54) is 12.8 Å². The van der Waals surface area contributed by atoms with Gasteiger partial charge in [0.05, 0.1) is 0 Å². The van der Waals surface area contributed by atoms with E-state index in [1.54, 1.807) is 0 Å². The summed E-state index contributed by atoms with van der Waals surface area (Å²) in [5.41, 5.74) is 0. The lowest BCUT2D eigenvalue weighted by Gasteiger charge is -1.61. The molecule has 0 amide bonds. The molecule has 1 aliphatic rings. The van der Waals surface area contributed by atoms with Crippen LogP contribution < -0.4 is 0 Å². The van der Waals surface area contributed by atoms with Gasteiger partial charge in [-0.05, 0) is 18.1 Å². The van der Waals surface area contributed by atoms with Crippen molar-refractivity contribution in [1.29, 1.82) is 0 Å². The lowest BCUT2D eigenvalue weighted by Crippen LogP contribution is -1.55. The summed E-state index contributed by atoms with van der Waals surface area (Å²) in [5, 5.41) is 2.57. The average molecular weight is 98.2 g/mol. The van der Waals surface area contributed by atoms with E-state index in [0.29, 0.717) is 5.92 Å². The Labute approximate surface area is 43.3 Å². The van der Waals surface area contributed by atoms with Gasteiger partial charge in [-0.15, -0.1) is 0 Å². The van der Waals surface area contributed by atoms with Crippen LogP contribution in [0.25, 0.3) is 0 Å². The van der Waals surface area contributed by atoms with Crippen LogP contribution in [0.15, 0.2) is 0 Å². The molecule has 0 aliphatic heterocycles. The van der Waals surface area contributed by atoms with Crippen molar-refractivity contribution in [2.75, 3.05) is 0 Å². The van der Waals surface area contributed by atoms with Crippen molar-refractivity contribution in [2.45, 2.75) is 12.8 Å². The van der Waals surface area contributed by atoms with Gasteiger partial charge in [-0.25, -0.2) is 0 Å². The lowest BCUT2D eigenvalue weighted by atomic mass is 10.5. The molecule has 0 radical (unpaired) electrons. The van der Waals surface area contributed by atoms with Crippen molar-refractivity contribution < 1.29 is 0 Å². The van der Waals surface area contributed by atoms with Gasteiger partial charge < -0.3 is 0 Å². The van der Waals surface area contributed by atoms with Crippen LogP contribution in [0.3, 0.4) is 0 Å². The van der Waals surface area contributed by atoms with Crippen LogP contribution >= 0.6 is 12.6 Å². The Kier molecular flexibility index (Phi) is 1.07. The molecule has 0 bridgehead atoms. The van der Waals surface area contributed by atoms with E-state index in [9.17, 15) is 0 Å². The molecule has 0 saturated heterocycles. The molecular weight excluding hydrogens is 92.1 g/mol. The van der Waals surface area contributed by atoms with Gasteiger partial charge >= 0.3 is 0 Å². The Balaban J connectivity index is 2.27. The molecule has 1 rings (SSSR count). The number of thiol groups is 1. The zero-order chi connectivity index (χ0) is 4.41. The summed E-state index contributed by atoms with van der Waals surface area (Å²) < 4.78 is 0. The van der Waals surface area contributed by atoms with Crippen molar-refractivity contribution in [2.24, 2.45) is 5.92 Å². The van der Waals surface area contributed by atoms with Crippen LogP contribution in [0.5, 0.6) is 0 Å². The highest BCUT2D eigenvalue weighted by Crippen LogP contribution is 2.27. The van der Waals surface area contributed by atoms with E-state index >= 15 is 0 Å². The van der Waals surface area contributed by atoms with Crippen molar-refractivity contribution in [1.82, 2.24) is 0 Å². The van der Waals surface area contributed by atoms with Gasteiger partial charge in [0.1, 0.15) is 0 Å². The molecule has 1 saturated carbocycles. The molecule has 1 aliphatic carbocycles. The second-order valence-corrected chi connectivity index (χ2v) is 1.75. The highest BCUT2D eigenvalue weighted by molar-refractivity contribution is 7.85. The van der Waals surface area contributed by atoms with E-state index in [-0.39, 0.29) is 0 Å². The maximum atomic E-state index is 3.74. The van der Waals surface area contributed by atoms with Gasteiger partial charge in [0, 0.05) is 5.92 Å². The zero-order valence-corrected chi connectivity index (χ0v) is 4.33. The fourth-order valence-corrected chi connectivity index (χ4v) is 0.502. The Hall–Kier alpha value is -0.0900. The van der Waals surface area contributed by atoms with E-state index in [1.807, 2.05) is 0 Å². The minimum atomic E-state index is 0.711. The molecule has 0 N–H and O–H groups in total. The van der Waals surface area contributed by atoms with Crippen molar-refractivity contribution in [3.05, 3.63) is 0 Å². The highest BCUT2D eigenvalue weighted by atomic mass is 32.1. The van der Waals surface area contributed by atoms with Crippen LogP contribution in [0.1, 0.15) is 12.8 Å². The zero-order valence-electron chi connectivity index (χ0n) is 3.44. The summed E-state index contributed by atoms with van der Waals surface area (Å²) in [5.74, 6) is 3.64. The molecule has 1 fully saturated rings. The Morgan fingerprint density at radius 3 is 2.33 bits per heavy atom. The number of hydrogen-bond acceptors (Lipinski definition) is 1. The fraction of sp³-hybridized carbons (Fsp3) is 0.600. The van der Waals surface area contributed by atoms with E-state index in [4.69, 9.17) is 0 Å². The quantitative estimate of drug-likeness (QED) is 0.342. The maximum Gasteiger partial charge on any atom is 0.0212 e. The van der Waals surface area contributed by atoms with Crippen LogP contribution in [0.2, 0.25) is 0 Å². The maximum absolute atomic E-state index is 3.74. The standard InChI is InChI=1S/C5H6S/c6-4-3-5-1-2-5/h5-6H,1-2H2. The highest BCUT2D eigenvalue weighted by Gasteiger charge is 2.17. The van der Waals surface area contributed by atoms with Gasteiger partial charge in [-0.3, -0.25) is 0 Å². The largest absolute Gasteiger partial charge is 0.0922 e. The van der Waals surface area contributed by atoms with Gasteiger partial charge in [0.25, 0.3) is 0 Å². The smallest absolute Gasteiger partial charge is 0.0212 e. The minimum Gasteiger partial charge on any atom is -0.0922 e. The van der Waals surface area contributed by atoms with E-state index < -0.39 is 0 Å². The van der Waals surface area contributed by atoms with Gasteiger partial charge in [-0.1, -0.05) is 18.5 Å². The molecule has 0 nitrogen and oxygen atoms in total. The van der Waals surface area contributed by atoms with Gasteiger partial charge in [-0.2, -0.15) is 0 Å². The summed E-state index contributed by atoms with van der Waals surface area (Å²) in [6, 6.07) is 0. The van der Waals surface area contributed by atoms with Crippen molar-refractivity contribution >= 4 is 12.6 Å². The third-order valence-corrected chi connectivity index (χ3v) is 0.975.